The van der Waals surface area contributed by atoms with E-state index in [0.717, 1.165) is 43.8 Å². The van der Waals surface area contributed by atoms with Crippen LogP contribution in [0.15, 0.2) is 24.3 Å². The van der Waals surface area contributed by atoms with Crippen molar-refractivity contribution in [3.8, 4) is 5.75 Å². The summed E-state index contributed by atoms with van der Waals surface area (Å²) in [4.78, 5) is 0. The zero-order valence-electron chi connectivity index (χ0n) is 10.4. The Kier molecular flexibility index (Phi) is 4.40. The summed E-state index contributed by atoms with van der Waals surface area (Å²) < 4.78 is 10.7. The van der Waals surface area contributed by atoms with E-state index in [-0.39, 0.29) is 6.04 Å². The van der Waals surface area contributed by atoms with Gasteiger partial charge in [-0.2, -0.15) is 0 Å². The average Bonchev–Trinajstić information content (AvgIpc) is 2.67. The maximum atomic E-state index is 6.35. The van der Waals surface area contributed by atoms with Crippen molar-refractivity contribution in [2.75, 3.05) is 20.3 Å². The van der Waals surface area contributed by atoms with Gasteiger partial charge in [0.15, 0.2) is 0 Å². The van der Waals surface area contributed by atoms with Gasteiger partial charge in [-0.05, 0) is 42.9 Å². The van der Waals surface area contributed by atoms with Crippen molar-refractivity contribution < 1.29 is 9.47 Å². The smallest absolute Gasteiger partial charge is 0.119 e. The van der Waals surface area contributed by atoms with E-state index < -0.39 is 0 Å². The van der Waals surface area contributed by atoms with E-state index in [0.29, 0.717) is 5.92 Å². The van der Waals surface area contributed by atoms with E-state index in [1.165, 1.54) is 0 Å². The van der Waals surface area contributed by atoms with Crippen molar-refractivity contribution in [2.24, 2.45) is 11.7 Å². The van der Waals surface area contributed by atoms with E-state index in [4.69, 9.17) is 15.2 Å². The molecule has 1 aliphatic rings. The van der Waals surface area contributed by atoms with Crippen molar-refractivity contribution in [1.82, 2.24) is 0 Å². The average molecular weight is 235 g/mol. The molecule has 3 nitrogen and oxygen atoms in total. The second-order valence-electron chi connectivity index (χ2n) is 4.61. The Morgan fingerprint density at radius 3 is 3.06 bits per heavy atom. The first-order chi connectivity index (χ1) is 8.31. The zero-order valence-corrected chi connectivity index (χ0v) is 10.4. The summed E-state index contributed by atoms with van der Waals surface area (Å²) in [5.74, 6) is 1.40. The summed E-state index contributed by atoms with van der Waals surface area (Å²) in [5.41, 5.74) is 7.51. The van der Waals surface area contributed by atoms with Gasteiger partial charge in [-0.25, -0.2) is 0 Å². The summed E-state index contributed by atoms with van der Waals surface area (Å²) in [7, 11) is 1.68. The number of hydrogen-bond donors (Lipinski definition) is 1. The second-order valence-corrected chi connectivity index (χ2v) is 4.61. The van der Waals surface area contributed by atoms with Crippen LogP contribution < -0.4 is 10.5 Å². The van der Waals surface area contributed by atoms with Crippen molar-refractivity contribution in [3.05, 3.63) is 29.8 Å². The minimum atomic E-state index is 0.0896. The highest BCUT2D eigenvalue weighted by atomic mass is 16.5. The summed E-state index contributed by atoms with van der Waals surface area (Å²) in [6, 6.07) is 8.16. The number of ether oxygens (including phenoxy) is 2. The highest BCUT2D eigenvalue weighted by Gasteiger charge is 2.21. The van der Waals surface area contributed by atoms with Gasteiger partial charge in [0.25, 0.3) is 0 Å². The quantitative estimate of drug-likeness (QED) is 0.875. The first-order valence-corrected chi connectivity index (χ1v) is 6.28. The molecule has 3 heteroatoms. The summed E-state index contributed by atoms with van der Waals surface area (Å²) in [5, 5.41) is 0. The maximum Gasteiger partial charge on any atom is 0.119 e. The van der Waals surface area contributed by atoms with Crippen LogP contribution in [0.1, 0.15) is 30.9 Å². The molecule has 94 valence electrons. The van der Waals surface area contributed by atoms with Crippen molar-refractivity contribution in [2.45, 2.75) is 25.3 Å². The molecule has 0 saturated carbocycles. The summed E-state index contributed by atoms with van der Waals surface area (Å²) in [6.45, 7) is 1.71. The Balaban J connectivity index is 2.08. The first kappa shape index (κ1) is 12.4. The fourth-order valence-corrected chi connectivity index (χ4v) is 2.41. The molecule has 1 aromatic rings. The van der Waals surface area contributed by atoms with E-state index in [1.54, 1.807) is 7.11 Å². The third kappa shape index (κ3) is 3.20. The van der Waals surface area contributed by atoms with Crippen LogP contribution in [0.25, 0.3) is 0 Å². The van der Waals surface area contributed by atoms with Crippen molar-refractivity contribution in [3.63, 3.8) is 0 Å². The van der Waals surface area contributed by atoms with Crippen molar-refractivity contribution in [1.29, 1.82) is 0 Å². The number of rotatable bonds is 3. The Labute approximate surface area is 103 Å². The first-order valence-electron chi connectivity index (χ1n) is 6.28. The molecule has 1 saturated heterocycles. The number of hydrogen-bond acceptors (Lipinski definition) is 3. The van der Waals surface area contributed by atoms with Gasteiger partial charge in [-0.15, -0.1) is 0 Å². The van der Waals surface area contributed by atoms with Crippen LogP contribution in [0.5, 0.6) is 5.75 Å². The van der Waals surface area contributed by atoms with Gasteiger partial charge >= 0.3 is 0 Å². The molecule has 1 fully saturated rings. The normalized spacial score (nSPS) is 22.8. The second kappa shape index (κ2) is 6.03. The molecule has 0 aliphatic carbocycles. The Hall–Kier alpha value is -1.06. The number of methoxy groups -OCH3 is 1. The van der Waals surface area contributed by atoms with Gasteiger partial charge in [0.05, 0.1) is 7.11 Å². The number of benzene rings is 1. The van der Waals surface area contributed by atoms with Gasteiger partial charge < -0.3 is 15.2 Å². The molecule has 2 atom stereocenters. The predicted molar refractivity (Wildman–Crippen MR) is 68.1 cm³/mol. The minimum absolute atomic E-state index is 0.0896. The van der Waals surface area contributed by atoms with Gasteiger partial charge in [-0.1, -0.05) is 12.1 Å². The van der Waals surface area contributed by atoms with Crippen LogP contribution in [0.4, 0.5) is 0 Å². The van der Waals surface area contributed by atoms with Crippen LogP contribution in [0.3, 0.4) is 0 Å². The van der Waals surface area contributed by atoms with Crippen LogP contribution in [0, 0.1) is 5.92 Å². The topological polar surface area (TPSA) is 44.5 Å². The van der Waals surface area contributed by atoms with E-state index in [9.17, 15) is 0 Å². The lowest BCUT2D eigenvalue weighted by Gasteiger charge is -2.22. The number of nitrogens with two attached hydrogens (primary N) is 1. The molecule has 0 radical (unpaired) electrons. The van der Waals surface area contributed by atoms with Gasteiger partial charge in [0.1, 0.15) is 5.75 Å². The SMILES string of the molecule is COc1cccc(C(N)C2CCCOCC2)c1. The molecule has 0 amide bonds. The van der Waals surface area contributed by atoms with Gasteiger partial charge in [-0.3, -0.25) is 0 Å². The van der Waals surface area contributed by atoms with Crippen LogP contribution >= 0.6 is 0 Å². The van der Waals surface area contributed by atoms with Gasteiger partial charge in [0.2, 0.25) is 0 Å². The molecule has 1 aromatic carbocycles. The van der Waals surface area contributed by atoms with Crippen molar-refractivity contribution >= 4 is 0 Å². The van der Waals surface area contributed by atoms with Crippen LogP contribution in [0.2, 0.25) is 0 Å². The van der Waals surface area contributed by atoms with E-state index in [1.807, 2.05) is 18.2 Å². The monoisotopic (exact) mass is 235 g/mol. The summed E-state index contributed by atoms with van der Waals surface area (Å²) in [6.07, 6.45) is 3.32. The van der Waals surface area contributed by atoms with Crippen LogP contribution in [-0.4, -0.2) is 20.3 Å². The molecule has 1 heterocycles. The molecule has 2 N–H and O–H groups in total. The fourth-order valence-electron chi connectivity index (χ4n) is 2.41. The Morgan fingerprint density at radius 2 is 2.24 bits per heavy atom. The molecule has 17 heavy (non-hydrogen) atoms. The highest BCUT2D eigenvalue weighted by molar-refractivity contribution is 5.30. The molecule has 0 bridgehead atoms. The van der Waals surface area contributed by atoms with E-state index in [2.05, 4.69) is 6.07 Å². The lowest BCUT2D eigenvalue weighted by molar-refractivity contribution is 0.140. The zero-order chi connectivity index (χ0) is 12.1. The molecule has 1 aliphatic heterocycles. The largest absolute Gasteiger partial charge is 0.497 e. The molecule has 2 rings (SSSR count). The highest BCUT2D eigenvalue weighted by Crippen LogP contribution is 2.29. The van der Waals surface area contributed by atoms with Crippen LogP contribution in [-0.2, 0) is 4.74 Å². The standard InChI is InChI=1S/C14H21NO2/c1-16-13-6-2-4-12(10-13)14(15)11-5-3-8-17-9-7-11/h2,4,6,10-11,14H,3,5,7-9,15H2,1H3. The lowest BCUT2D eigenvalue weighted by Crippen LogP contribution is -2.21. The van der Waals surface area contributed by atoms with Gasteiger partial charge in [0, 0.05) is 19.3 Å². The summed E-state index contributed by atoms with van der Waals surface area (Å²) >= 11 is 0. The predicted octanol–water partition coefficient (Wildman–Crippen LogP) is 2.51. The van der Waals surface area contributed by atoms with E-state index >= 15 is 0 Å². The third-order valence-electron chi connectivity index (χ3n) is 3.48. The lowest BCUT2D eigenvalue weighted by atomic mass is 9.88. The molecule has 0 aromatic heterocycles. The molecular weight excluding hydrogens is 214 g/mol. The minimum Gasteiger partial charge on any atom is -0.497 e. The molecule has 0 spiro atoms. The fraction of sp³-hybridized carbons (Fsp3) is 0.571. The Bertz CT molecular complexity index is 346. The molecular formula is C14H21NO2. The maximum absolute atomic E-state index is 6.35. The molecule has 2 unspecified atom stereocenters. The Morgan fingerprint density at radius 1 is 1.35 bits per heavy atom. The third-order valence-corrected chi connectivity index (χ3v) is 3.48.